The minimum atomic E-state index is -3.72. The smallest absolute Gasteiger partial charge is 0.348 e. The van der Waals surface area contributed by atoms with Crippen molar-refractivity contribution in [1.29, 1.82) is 0 Å². The van der Waals surface area contributed by atoms with Crippen LogP contribution in [0.2, 0.25) is 0 Å². The molecule has 1 atom stereocenters. The maximum Gasteiger partial charge on any atom is 0.348 e. The SMILES string of the molecule is COC(=O)c1cc(OC)c(S(=O)(=O)NCC2CCCN2)s1.Cl. The van der Waals surface area contributed by atoms with Crippen LogP contribution in [-0.2, 0) is 14.8 Å². The summed E-state index contributed by atoms with van der Waals surface area (Å²) in [4.78, 5) is 11.7. The zero-order valence-electron chi connectivity index (χ0n) is 12.2. The summed E-state index contributed by atoms with van der Waals surface area (Å²) in [6.45, 7) is 1.22. The average Bonchev–Trinajstić information content (AvgIpc) is 3.13. The zero-order valence-corrected chi connectivity index (χ0v) is 14.7. The van der Waals surface area contributed by atoms with Gasteiger partial charge in [0.2, 0.25) is 0 Å². The van der Waals surface area contributed by atoms with Gasteiger partial charge >= 0.3 is 5.97 Å². The van der Waals surface area contributed by atoms with Gasteiger partial charge in [-0.3, -0.25) is 0 Å². The first-order chi connectivity index (χ1) is 9.97. The third-order valence-corrected chi connectivity index (χ3v) is 6.23. The van der Waals surface area contributed by atoms with Gasteiger partial charge in [-0.1, -0.05) is 0 Å². The molecule has 0 bridgehead atoms. The minimum Gasteiger partial charge on any atom is -0.494 e. The fourth-order valence-corrected chi connectivity index (χ4v) is 4.71. The third kappa shape index (κ3) is 4.32. The molecular formula is C12H19ClN2O5S2. The molecule has 0 radical (unpaired) electrons. The summed E-state index contributed by atoms with van der Waals surface area (Å²) < 4.78 is 36.8. The summed E-state index contributed by atoms with van der Waals surface area (Å²) in [5, 5.41) is 3.21. The molecule has 22 heavy (non-hydrogen) atoms. The molecule has 2 rings (SSSR count). The summed E-state index contributed by atoms with van der Waals surface area (Å²) in [7, 11) is -1.11. The highest BCUT2D eigenvalue weighted by Crippen LogP contribution is 2.33. The van der Waals surface area contributed by atoms with Gasteiger partial charge in [-0.2, -0.15) is 0 Å². The summed E-state index contributed by atoms with van der Waals surface area (Å²) in [6, 6.07) is 1.52. The van der Waals surface area contributed by atoms with Gasteiger partial charge < -0.3 is 14.8 Å². The minimum absolute atomic E-state index is 0. The average molecular weight is 371 g/mol. The first kappa shape index (κ1) is 19.2. The predicted molar refractivity (Wildman–Crippen MR) is 85.7 cm³/mol. The number of carbonyl (C=O) groups excluding carboxylic acids is 1. The molecule has 2 heterocycles. The van der Waals surface area contributed by atoms with Gasteiger partial charge in [0.05, 0.1) is 14.2 Å². The van der Waals surface area contributed by atoms with E-state index >= 15 is 0 Å². The molecule has 1 saturated heterocycles. The van der Waals surface area contributed by atoms with E-state index in [1.54, 1.807) is 0 Å². The number of nitrogens with one attached hydrogen (secondary N) is 2. The van der Waals surface area contributed by atoms with E-state index in [-0.39, 0.29) is 33.3 Å². The molecular weight excluding hydrogens is 352 g/mol. The molecule has 1 aromatic heterocycles. The van der Waals surface area contributed by atoms with Gasteiger partial charge in [-0.15, -0.1) is 23.7 Å². The van der Waals surface area contributed by atoms with E-state index in [0.717, 1.165) is 30.7 Å². The van der Waals surface area contributed by atoms with E-state index in [0.29, 0.717) is 6.54 Å². The van der Waals surface area contributed by atoms with Crippen LogP contribution in [0, 0.1) is 0 Å². The number of ether oxygens (including phenoxy) is 2. The lowest BCUT2D eigenvalue weighted by molar-refractivity contribution is 0.0606. The Morgan fingerprint density at radius 3 is 2.77 bits per heavy atom. The first-order valence-electron chi connectivity index (χ1n) is 6.47. The molecule has 1 fully saturated rings. The number of methoxy groups -OCH3 is 2. The highest BCUT2D eigenvalue weighted by atomic mass is 35.5. The zero-order chi connectivity index (χ0) is 15.5. The molecule has 1 aromatic rings. The van der Waals surface area contributed by atoms with Crippen molar-refractivity contribution in [2.75, 3.05) is 27.3 Å². The summed E-state index contributed by atoms with van der Waals surface area (Å²) in [6.07, 6.45) is 1.98. The Labute approximate surface area is 139 Å². The second kappa shape index (κ2) is 8.11. The Morgan fingerprint density at radius 2 is 2.23 bits per heavy atom. The third-order valence-electron chi connectivity index (χ3n) is 3.20. The maximum absolute atomic E-state index is 12.3. The van der Waals surface area contributed by atoms with Crippen LogP contribution in [0.4, 0.5) is 0 Å². The van der Waals surface area contributed by atoms with Crippen LogP contribution >= 0.6 is 23.7 Å². The van der Waals surface area contributed by atoms with E-state index in [1.807, 2.05) is 0 Å². The van der Waals surface area contributed by atoms with E-state index in [9.17, 15) is 13.2 Å². The van der Waals surface area contributed by atoms with Crippen molar-refractivity contribution in [2.45, 2.75) is 23.1 Å². The number of carbonyl (C=O) groups is 1. The van der Waals surface area contributed by atoms with Gasteiger partial charge in [0.15, 0.2) is 9.96 Å². The number of thiophene rings is 1. The van der Waals surface area contributed by atoms with Crippen LogP contribution in [0.15, 0.2) is 10.3 Å². The fraction of sp³-hybridized carbons (Fsp3) is 0.583. The van der Waals surface area contributed by atoms with Crippen molar-refractivity contribution in [3.05, 3.63) is 10.9 Å². The van der Waals surface area contributed by atoms with Gasteiger partial charge in [0.1, 0.15) is 4.88 Å². The van der Waals surface area contributed by atoms with Crippen molar-refractivity contribution in [1.82, 2.24) is 10.0 Å². The monoisotopic (exact) mass is 370 g/mol. The van der Waals surface area contributed by atoms with Gasteiger partial charge in [-0.05, 0) is 19.4 Å². The number of hydrogen-bond acceptors (Lipinski definition) is 7. The van der Waals surface area contributed by atoms with E-state index in [4.69, 9.17) is 4.74 Å². The molecule has 0 saturated carbocycles. The predicted octanol–water partition coefficient (Wildman–Crippen LogP) is 0.995. The second-order valence-corrected chi connectivity index (χ2v) is 7.62. The molecule has 0 spiro atoms. The maximum atomic E-state index is 12.3. The molecule has 1 aliphatic heterocycles. The number of rotatable bonds is 6. The van der Waals surface area contributed by atoms with Crippen LogP contribution in [0.3, 0.4) is 0 Å². The van der Waals surface area contributed by atoms with E-state index in [2.05, 4.69) is 14.8 Å². The standard InChI is InChI=1S/C12H18N2O5S2.ClH/c1-18-9-6-10(11(15)19-2)20-12(9)21(16,17)14-7-8-4-3-5-13-8;/h6,8,13-14H,3-5,7H2,1-2H3;1H. The highest BCUT2D eigenvalue weighted by molar-refractivity contribution is 7.91. The second-order valence-electron chi connectivity index (χ2n) is 4.60. The molecule has 7 nitrogen and oxygen atoms in total. The Hall–Kier alpha value is -0.870. The number of hydrogen-bond donors (Lipinski definition) is 2. The molecule has 126 valence electrons. The molecule has 0 aromatic carbocycles. The lowest BCUT2D eigenvalue weighted by Crippen LogP contribution is -2.36. The Kier molecular flexibility index (Phi) is 7.07. The van der Waals surface area contributed by atoms with Crippen LogP contribution < -0.4 is 14.8 Å². The van der Waals surface area contributed by atoms with Crippen molar-refractivity contribution >= 4 is 39.7 Å². The molecule has 2 N–H and O–H groups in total. The largest absolute Gasteiger partial charge is 0.494 e. The summed E-state index contributed by atoms with van der Waals surface area (Å²) in [5.41, 5.74) is 0. The Bertz CT molecular complexity index is 611. The summed E-state index contributed by atoms with van der Waals surface area (Å²) in [5.74, 6) is -0.440. The van der Waals surface area contributed by atoms with Crippen LogP contribution in [0.5, 0.6) is 5.75 Å². The van der Waals surface area contributed by atoms with Crippen molar-refractivity contribution in [3.63, 3.8) is 0 Å². The number of esters is 1. The van der Waals surface area contributed by atoms with Gasteiger partial charge in [0, 0.05) is 18.7 Å². The highest BCUT2D eigenvalue weighted by Gasteiger charge is 2.27. The van der Waals surface area contributed by atoms with Crippen LogP contribution in [-0.4, -0.2) is 47.7 Å². The van der Waals surface area contributed by atoms with Crippen molar-refractivity contribution in [2.24, 2.45) is 0 Å². The topological polar surface area (TPSA) is 93.7 Å². The molecule has 0 amide bonds. The van der Waals surface area contributed by atoms with E-state index < -0.39 is 16.0 Å². The lowest BCUT2D eigenvalue weighted by Gasteiger charge is -2.11. The van der Waals surface area contributed by atoms with Crippen LogP contribution in [0.1, 0.15) is 22.5 Å². The van der Waals surface area contributed by atoms with Crippen molar-refractivity contribution in [3.8, 4) is 5.75 Å². The molecule has 1 unspecified atom stereocenters. The first-order valence-corrected chi connectivity index (χ1v) is 8.77. The number of halogens is 1. The van der Waals surface area contributed by atoms with E-state index in [1.165, 1.54) is 20.3 Å². The normalized spacial score (nSPS) is 17.8. The Balaban J connectivity index is 0.00000242. The van der Waals surface area contributed by atoms with Crippen LogP contribution in [0.25, 0.3) is 0 Å². The molecule has 0 aliphatic carbocycles. The summed E-state index contributed by atoms with van der Waals surface area (Å²) >= 11 is 0.836. The number of sulfonamides is 1. The van der Waals surface area contributed by atoms with Crippen molar-refractivity contribution < 1.29 is 22.7 Å². The lowest BCUT2D eigenvalue weighted by atomic mass is 10.2. The fourth-order valence-electron chi connectivity index (χ4n) is 2.10. The quantitative estimate of drug-likeness (QED) is 0.725. The Morgan fingerprint density at radius 1 is 1.50 bits per heavy atom. The van der Waals surface area contributed by atoms with Gasteiger partial charge in [0.25, 0.3) is 10.0 Å². The molecule has 1 aliphatic rings. The van der Waals surface area contributed by atoms with Gasteiger partial charge in [-0.25, -0.2) is 17.9 Å². The molecule has 10 heteroatoms.